The summed E-state index contributed by atoms with van der Waals surface area (Å²) in [5, 5.41) is 9.55. The maximum atomic E-state index is 11.7. The number of rotatable bonds is 7. The number of sulfone groups is 1. The Kier molecular flexibility index (Phi) is 6.13. The van der Waals surface area contributed by atoms with Gasteiger partial charge in [-0.05, 0) is 35.1 Å². The minimum atomic E-state index is -3.08. The van der Waals surface area contributed by atoms with E-state index in [0.29, 0.717) is 29.9 Å². The first kappa shape index (κ1) is 24.1. The van der Waals surface area contributed by atoms with E-state index < -0.39 is 9.84 Å². The maximum absolute atomic E-state index is 11.7. The van der Waals surface area contributed by atoms with Crippen molar-refractivity contribution >= 4 is 37.9 Å². The topological polar surface area (TPSA) is 132 Å². The van der Waals surface area contributed by atoms with Crippen molar-refractivity contribution in [3.05, 3.63) is 54.6 Å². The number of anilines is 3. The van der Waals surface area contributed by atoms with Crippen molar-refractivity contribution in [2.24, 2.45) is 18.7 Å². The SMILES string of the molecule is CC(C)c1ccc(N2C[C@H](CS(C)(=O)=O)[C@H]2N)c2cnc(Nc3ccnc(-c4cnn(C)c4)n3)cc12. The predicted molar refractivity (Wildman–Crippen MR) is 142 cm³/mol. The molecule has 36 heavy (non-hydrogen) atoms. The quantitative estimate of drug-likeness (QED) is 0.388. The zero-order chi connectivity index (χ0) is 25.6. The van der Waals surface area contributed by atoms with E-state index in [0.717, 1.165) is 22.0 Å². The maximum Gasteiger partial charge on any atom is 0.164 e. The van der Waals surface area contributed by atoms with Gasteiger partial charge in [-0.1, -0.05) is 19.9 Å². The van der Waals surface area contributed by atoms with Crippen LogP contribution in [0.3, 0.4) is 0 Å². The number of benzene rings is 1. The molecule has 0 saturated carbocycles. The van der Waals surface area contributed by atoms with Gasteiger partial charge >= 0.3 is 0 Å². The normalized spacial score (nSPS) is 18.0. The standard InChI is InChI=1S/C25H30N8O2S/c1-15(2)18-5-6-21(33-13-17(24(33)26)14-36(4,34)35)20-11-28-23(9-19(18)20)30-22-7-8-27-25(31-22)16-10-29-32(3)12-16/h5-12,15,17,24H,13-14,26H2,1-4H3,(H,27,28,30,31)/t17-,24+/m1/s1. The van der Waals surface area contributed by atoms with E-state index in [9.17, 15) is 8.42 Å². The average molecular weight is 507 g/mol. The summed E-state index contributed by atoms with van der Waals surface area (Å²) in [7, 11) is -1.23. The molecule has 0 unspecified atom stereocenters. The van der Waals surface area contributed by atoms with Crippen molar-refractivity contribution in [2.45, 2.75) is 25.9 Å². The summed E-state index contributed by atoms with van der Waals surface area (Å²) in [5.74, 6) is 2.19. The molecular formula is C25H30N8O2S. The van der Waals surface area contributed by atoms with E-state index in [4.69, 9.17) is 5.73 Å². The van der Waals surface area contributed by atoms with Gasteiger partial charge in [0, 0.05) is 55.4 Å². The van der Waals surface area contributed by atoms with Gasteiger partial charge in [-0.25, -0.2) is 23.4 Å². The van der Waals surface area contributed by atoms with Gasteiger partial charge in [-0.3, -0.25) is 4.68 Å². The van der Waals surface area contributed by atoms with Crippen LogP contribution in [0.2, 0.25) is 0 Å². The second-order valence-corrected chi connectivity index (χ2v) is 11.9. The Bertz CT molecular complexity index is 1530. The number of hydrogen-bond acceptors (Lipinski definition) is 9. The minimum Gasteiger partial charge on any atom is -0.355 e. The van der Waals surface area contributed by atoms with E-state index in [1.54, 1.807) is 23.1 Å². The molecule has 188 valence electrons. The van der Waals surface area contributed by atoms with E-state index in [1.807, 2.05) is 25.5 Å². The molecule has 2 atom stereocenters. The number of nitrogens with one attached hydrogen (secondary N) is 1. The highest BCUT2D eigenvalue weighted by Crippen LogP contribution is 2.38. The Balaban J connectivity index is 1.46. The Labute approximate surface area is 210 Å². The van der Waals surface area contributed by atoms with E-state index in [2.05, 4.69) is 56.2 Å². The molecule has 5 rings (SSSR count). The second kappa shape index (κ2) is 9.14. The summed E-state index contributed by atoms with van der Waals surface area (Å²) in [6.07, 6.45) is 8.05. The minimum absolute atomic E-state index is 0.0829. The van der Waals surface area contributed by atoms with Crippen molar-refractivity contribution in [3.8, 4) is 11.4 Å². The highest BCUT2D eigenvalue weighted by Gasteiger charge is 2.39. The van der Waals surface area contributed by atoms with E-state index in [1.165, 1.54) is 11.8 Å². The zero-order valence-electron chi connectivity index (χ0n) is 20.8. The molecule has 1 aliphatic heterocycles. The number of hydrogen-bond donors (Lipinski definition) is 2. The molecule has 0 aliphatic carbocycles. The first-order valence-corrected chi connectivity index (χ1v) is 13.9. The average Bonchev–Trinajstić information content (AvgIpc) is 3.26. The molecule has 1 saturated heterocycles. The molecule has 3 aromatic heterocycles. The van der Waals surface area contributed by atoms with Gasteiger partial charge in [0.15, 0.2) is 5.82 Å². The largest absolute Gasteiger partial charge is 0.355 e. The molecule has 0 spiro atoms. The van der Waals surface area contributed by atoms with Gasteiger partial charge in [0.25, 0.3) is 0 Å². The molecule has 1 fully saturated rings. The number of aryl methyl sites for hydroxylation is 1. The van der Waals surface area contributed by atoms with Crippen molar-refractivity contribution in [2.75, 3.05) is 28.8 Å². The van der Waals surface area contributed by atoms with Crippen molar-refractivity contribution in [3.63, 3.8) is 0 Å². The summed E-state index contributed by atoms with van der Waals surface area (Å²) in [5.41, 5.74) is 9.39. The van der Waals surface area contributed by atoms with Crippen molar-refractivity contribution < 1.29 is 8.42 Å². The molecule has 3 N–H and O–H groups in total. The first-order chi connectivity index (χ1) is 17.1. The van der Waals surface area contributed by atoms with Gasteiger partial charge in [0.1, 0.15) is 21.5 Å². The van der Waals surface area contributed by atoms with Crippen LogP contribution < -0.4 is 16.0 Å². The lowest BCUT2D eigenvalue weighted by molar-refractivity contribution is 0.328. The highest BCUT2D eigenvalue weighted by molar-refractivity contribution is 7.90. The summed E-state index contributed by atoms with van der Waals surface area (Å²) in [6.45, 7) is 4.91. The van der Waals surface area contributed by atoms with Crippen LogP contribution in [0.25, 0.3) is 22.2 Å². The Morgan fingerprint density at radius 2 is 1.94 bits per heavy atom. The number of fused-ring (bicyclic) bond motifs is 1. The van der Waals surface area contributed by atoms with Crippen molar-refractivity contribution in [1.29, 1.82) is 0 Å². The lowest BCUT2D eigenvalue weighted by Gasteiger charge is -2.47. The fraction of sp³-hybridized carbons (Fsp3) is 0.360. The molecule has 1 aromatic carbocycles. The molecule has 0 bridgehead atoms. The Hall–Kier alpha value is -3.57. The third-order valence-electron chi connectivity index (χ3n) is 6.51. The summed E-state index contributed by atoms with van der Waals surface area (Å²) < 4.78 is 25.2. The molecular weight excluding hydrogens is 476 g/mol. The number of aromatic nitrogens is 5. The number of nitrogens with zero attached hydrogens (tertiary/aromatic N) is 6. The van der Waals surface area contributed by atoms with Crippen LogP contribution >= 0.6 is 0 Å². The predicted octanol–water partition coefficient (Wildman–Crippen LogP) is 3.06. The van der Waals surface area contributed by atoms with Crippen LogP contribution in [0.5, 0.6) is 0 Å². The third-order valence-corrected chi connectivity index (χ3v) is 7.54. The van der Waals surface area contributed by atoms with Gasteiger partial charge in [0.05, 0.1) is 23.7 Å². The van der Waals surface area contributed by atoms with E-state index in [-0.39, 0.29) is 17.8 Å². The third kappa shape index (κ3) is 4.76. The molecule has 4 aromatic rings. The molecule has 0 amide bonds. The molecule has 10 nitrogen and oxygen atoms in total. The van der Waals surface area contributed by atoms with Gasteiger partial charge in [-0.2, -0.15) is 5.10 Å². The molecule has 4 heterocycles. The van der Waals surface area contributed by atoms with Crippen LogP contribution in [0.4, 0.5) is 17.3 Å². The summed E-state index contributed by atoms with van der Waals surface area (Å²) >= 11 is 0. The van der Waals surface area contributed by atoms with Crippen LogP contribution in [0, 0.1) is 5.92 Å². The molecule has 0 radical (unpaired) electrons. The fourth-order valence-electron chi connectivity index (χ4n) is 4.70. The van der Waals surface area contributed by atoms with Crippen molar-refractivity contribution in [1.82, 2.24) is 24.7 Å². The second-order valence-electron chi connectivity index (χ2n) is 9.73. The smallest absolute Gasteiger partial charge is 0.164 e. The number of nitrogens with two attached hydrogens (primary N) is 1. The van der Waals surface area contributed by atoms with Gasteiger partial charge in [-0.15, -0.1) is 0 Å². The fourth-order valence-corrected chi connectivity index (χ4v) is 5.78. The molecule has 11 heteroatoms. The van der Waals surface area contributed by atoms with E-state index >= 15 is 0 Å². The number of pyridine rings is 1. The molecule has 1 aliphatic rings. The van der Waals surface area contributed by atoms with Gasteiger partial charge in [0.2, 0.25) is 0 Å². The summed E-state index contributed by atoms with van der Waals surface area (Å²) in [4.78, 5) is 15.7. The summed E-state index contributed by atoms with van der Waals surface area (Å²) in [6, 6.07) is 8.01. The van der Waals surface area contributed by atoms with Crippen LogP contribution in [0.15, 0.2) is 49.1 Å². The first-order valence-electron chi connectivity index (χ1n) is 11.8. The highest BCUT2D eigenvalue weighted by atomic mass is 32.2. The van der Waals surface area contributed by atoms with Crippen LogP contribution in [-0.2, 0) is 16.9 Å². The monoisotopic (exact) mass is 506 g/mol. The Morgan fingerprint density at radius 1 is 1.14 bits per heavy atom. The van der Waals surface area contributed by atoms with Gasteiger partial charge < -0.3 is 16.0 Å². The Morgan fingerprint density at radius 3 is 2.61 bits per heavy atom. The lowest BCUT2D eigenvalue weighted by Crippen LogP contribution is -2.63. The van der Waals surface area contributed by atoms with Crippen LogP contribution in [0.1, 0.15) is 25.3 Å². The van der Waals surface area contributed by atoms with Crippen LogP contribution in [-0.4, -0.2) is 57.9 Å². The zero-order valence-corrected chi connectivity index (χ0v) is 21.6. The lowest BCUT2D eigenvalue weighted by atomic mass is 9.92.